The van der Waals surface area contributed by atoms with Crippen molar-refractivity contribution in [3.8, 4) is 11.5 Å². The summed E-state index contributed by atoms with van der Waals surface area (Å²) in [5, 5.41) is 13.6. The fourth-order valence-corrected chi connectivity index (χ4v) is 4.44. The van der Waals surface area contributed by atoms with E-state index in [0.717, 1.165) is 48.4 Å². The Morgan fingerprint density at radius 3 is 2.86 bits per heavy atom. The van der Waals surface area contributed by atoms with E-state index in [2.05, 4.69) is 16.8 Å². The third kappa shape index (κ3) is 6.15. The number of methoxy groups -OCH3 is 1. The van der Waals surface area contributed by atoms with E-state index in [4.69, 9.17) is 19.9 Å². The number of β-amino-alcohol motifs (C(OH)–C–C–N with tert-alkyl or cyclic N) is 1. The van der Waals surface area contributed by atoms with Crippen molar-refractivity contribution in [2.75, 3.05) is 45.3 Å². The molecule has 2 aromatic carbocycles. The van der Waals surface area contributed by atoms with Crippen LogP contribution in [0.5, 0.6) is 11.5 Å². The number of fused-ring (bicyclic) bond motifs is 1. The fraction of sp³-hybridized carbons (Fsp3) is 0.370. The van der Waals surface area contributed by atoms with E-state index < -0.39 is 6.10 Å². The molecule has 0 aliphatic carbocycles. The Morgan fingerprint density at radius 2 is 2.11 bits per heavy atom. The molecule has 1 saturated heterocycles. The highest BCUT2D eigenvalue weighted by atomic mass is 16.5. The van der Waals surface area contributed by atoms with E-state index >= 15 is 0 Å². The number of nitrogens with one attached hydrogen (secondary N) is 1. The standard InChI is InChI=1S/C27H33N3O5/c1-18(23-14-22(33-2)5-3-20(23)7-10-28)34-16-19-8-11-30(12-9-19)15-25(31)21-4-6-26-24(13-21)29-27(32)17-35-26/h3-7,10,13-14,19,25,31H,1,8-9,11-12,15-17,28H2,2H3,(H,29,32)/b10-7-. The van der Waals surface area contributed by atoms with Crippen molar-refractivity contribution in [3.05, 3.63) is 65.9 Å². The first kappa shape index (κ1) is 24.6. The molecule has 4 N–H and O–H groups in total. The second-order valence-electron chi connectivity index (χ2n) is 8.90. The molecule has 8 heteroatoms. The second-order valence-corrected chi connectivity index (χ2v) is 8.90. The Bertz CT molecular complexity index is 1090. The highest BCUT2D eigenvalue weighted by Gasteiger charge is 2.24. The number of likely N-dealkylation sites (tertiary alicyclic amines) is 1. The largest absolute Gasteiger partial charge is 0.497 e. The maximum atomic E-state index is 11.6. The topological polar surface area (TPSA) is 106 Å². The van der Waals surface area contributed by atoms with Gasteiger partial charge in [0.05, 0.1) is 25.5 Å². The lowest BCUT2D eigenvalue weighted by Crippen LogP contribution is -2.37. The fourth-order valence-electron chi connectivity index (χ4n) is 4.44. The molecule has 2 aliphatic heterocycles. The molecule has 1 amide bonds. The predicted octanol–water partition coefficient (Wildman–Crippen LogP) is 3.39. The van der Waals surface area contributed by atoms with Crippen molar-refractivity contribution < 1.29 is 24.1 Å². The third-order valence-corrected chi connectivity index (χ3v) is 6.49. The molecule has 2 heterocycles. The van der Waals surface area contributed by atoms with Crippen LogP contribution in [0.4, 0.5) is 5.69 Å². The molecule has 1 fully saturated rings. The first-order valence-corrected chi connectivity index (χ1v) is 11.8. The van der Waals surface area contributed by atoms with Crippen molar-refractivity contribution in [1.29, 1.82) is 0 Å². The van der Waals surface area contributed by atoms with Crippen molar-refractivity contribution >= 4 is 23.4 Å². The summed E-state index contributed by atoms with van der Waals surface area (Å²) in [6.07, 6.45) is 4.62. The van der Waals surface area contributed by atoms with Gasteiger partial charge < -0.3 is 35.3 Å². The molecule has 2 aliphatic rings. The SMILES string of the molecule is C=C(OCC1CCN(CC(O)c2ccc3c(c2)NC(=O)CO3)CC1)c1cc(OC)ccc1/C=C\N. The number of piperidine rings is 1. The Hall–Kier alpha value is -3.49. The van der Waals surface area contributed by atoms with Crippen molar-refractivity contribution in [2.45, 2.75) is 18.9 Å². The predicted molar refractivity (Wildman–Crippen MR) is 136 cm³/mol. The van der Waals surface area contributed by atoms with Crippen LogP contribution in [0.15, 0.2) is 49.2 Å². The molecule has 8 nitrogen and oxygen atoms in total. The molecule has 0 saturated carbocycles. The molecular weight excluding hydrogens is 446 g/mol. The monoisotopic (exact) mass is 479 g/mol. The highest BCUT2D eigenvalue weighted by Crippen LogP contribution is 2.32. The molecule has 1 atom stereocenters. The van der Waals surface area contributed by atoms with Gasteiger partial charge in [0.2, 0.25) is 0 Å². The van der Waals surface area contributed by atoms with Crippen LogP contribution in [0.25, 0.3) is 11.8 Å². The van der Waals surface area contributed by atoms with Gasteiger partial charge in [0.25, 0.3) is 5.91 Å². The zero-order chi connectivity index (χ0) is 24.8. The minimum absolute atomic E-state index is 0.0202. The number of carbonyl (C=O) groups excluding carboxylic acids is 1. The van der Waals surface area contributed by atoms with E-state index in [1.54, 1.807) is 19.2 Å². The van der Waals surface area contributed by atoms with E-state index in [9.17, 15) is 9.90 Å². The summed E-state index contributed by atoms with van der Waals surface area (Å²) in [6, 6.07) is 11.1. The van der Waals surface area contributed by atoms with Crippen LogP contribution in [0.3, 0.4) is 0 Å². The van der Waals surface area contributed by atoms with Gasteiger partial charge in [-0.2, -0.15) is 0 Å². The smallest absolute Gasteiger partial charge is 0.262 e. The van der Waals surface area contributed by atoms with Gasteiger partial charge >= 0.3 is 0 Å². The first-order valence-electron chi connectivity index (χ1n) is 11.8. The average Bonchev–Trinajstić information content (AvgIpc) is 2.88. The number of benzene rings is 2. The maximum absolute atomic E-state index is 11.6. The highest BCUT2D eigenvalue weighted by molar-refractivity contribution is 5.95. The quantitative estimate of drug-likeness (QED) is 0.474. The van der Waals surface area contributed by atoms with Crippen LogP contribution in [0, 0.1) is 5.92 Å². The lowest BCUT2D eigenvalue weighted by molar-refractivity contribution is -0.118. The minimum Gasteiger partial charge on any atom is -0.497 e. The van der Waals surface area contributed by atoms with E-state index in [0.29, 0.717) is 36.3 Å². The van der Waals surface area contributed by atoms with Gasteiger partial charge in [-0.25, -0.2) is 0 Å². The molecule has 1 unspecified atom stereocenters. The lowest BCUT2D eigenvalue weighted by Gasteiger charge is -2.33. The molecule has 2 aromatic rings. The number of anilines is 1. The second kappa shape index (κ2) is 11.3. The minimum atomic E-state index is -0.645. The van der Waals surface area contributed by atoms with Crippen LogP contribution < -0.4 is 20.5 Å². The number of aliphatic hydroxyl groups is 1. The molecule has 0 bridgehead atoms. The van der Waals surface area contributed by atoms with Gasteiger partial charge in [0.1, 0.15) is 17.3 Å². The number of hydrogen-bond acceptors (Lipinski definition) is 7. The van der Waals surface area contributed by atoms with Crippen LogP contribution in [0.1, 0.15) is 35.6 Å². The normalized spacial score (nSPS) is 17.4. The van der Waals surface area contributed by atoms with Gasteiger partial charge in [-0.3, -0.25) is 4.79 Å². The zero-order valence-electron chi connectivity index (χ0n) is 20.0. The van der Waals surface area contributed by atoms with Crippen LogP contribution >= 0.6 is 0 Å². The number of amides is 1. The summed E-state index contributed by atoms with van der Waals surface area (Å²) in [7, 11) is 1.63. The maximum Gasteiger partial charge on any atom is 0.262 e. The van der Waals surface area contributed by atoms with Gasteiger partial charge in [0, 0.05) is 12.1 Å². The zero-order valence-corrected chi connectivity index (χ0v) is 20.0. The van der Waals surface area contributed by atoms with Crippen molar-refractivity contribution in [3.63, 3.8) is 0 Å². The molecule has 186 valence electrons. The first-order chi connectivity index (χ1) is 17.0. The van der Waals surface area contributed by atoms with Crippen LogP contribution in [-0.2, 0) is 9.53 Å². The summed E-state index contributed by atoms with van der Waals surface area (Å²) in [6.45, 7) is 7.02. The van der Waals surface area contributed by atoms with Crippen LogP contribution in [0.2, 0.25) is 0 Å². The number of nitrogens with two attached hydrogens (primary N) is 1. The van der Waals surface area contributed by atoms with Gasteiger partial charge in [-0.1, -0.05) is 18.7 Å². The number of hydrogen-bond donors (Lipinski definition) is 3. The Morgan fingerprint density at radius 1 is 1.31 bits per heavy atom. The lowest BCUT2D eigenvalue weighted by atomic mass is 9.97. The summed E-state index contributed by atoms with van der Waals surface area (Å²) in [5.41, 5.74) is 8.74. The van der Waals surface area contributed by atoms with Crippen LogP contribution in [-0.4, -0.2) is 55.9 Å². The number of carbonyl (C=O) groups is 1. The van der Waals surface area contributed by atoms with Gasteiger partial charge in [-0.05, 0) is 79.5 Å². The van der Waals surface area contributed by atoms with E-state index in [1.165, 1.54) is 6.20 Å². The molecule has 35 heavy (non-hydrogen) atoms. The molecule has 0 radical (unpaired) electrons. The summed E-state index contributed by atoms with van der Waals surface area (Å²) >= 11 is 0. The summed E-state index contributed by atoms with van der Waals surface area (Å²) in [5.74, 6) is 2.19. The Kier molecular flexibility index (Phi) is 7.94. The number of aliphatic hydroxyl groups excluding tert-OH is 1. The summed E-state index contributed by atoms with van der Waals surface area (Å²) in [4.78, 5) is 13.8. The molecular formula is C27H33N3O5. The average molecular weight is 480 g/mol. The number of nitrogens with zero attached hydrogens (tertiary/aromatic N) is 1. The third-order valence-electron chi connectivity index (χ3n) is 6.49. The van der Waals surface area contributed by atoms with Gasteiger partial charge in [0.15, 0.2) is 6.61 Å². The van der Waals surface area contributed by atoms with E-state index in [-0.39, 0.29) is 12.5 Å². The summed E-state index contributed by atoms with van der Waals surface area (Å²) < 4.78 is 16.8. The molecule has 0 spiro atoms. The number of ether oxygens (including phenoxy) is 3. The van der Waals surface area contributed by atoms with Gasteiger partial charge in [-0.15, -0.1) is 0 Å². The molecule has 4 rings (SSSR count). The van der Waals surface area contributed by atoms with Crippen molar-refractivity contribution in [1.82, 2.24) is 4.90 Å². The Balaban J connectivity index is 1.26. The number of rotatable bonds is 9. The Labute approximate surface area is 206 Å². The van der Waals surface area contributed by atoms with E-state index in [1.807, 2.05) is 30.3 Å². The molecule has 0 aromatic heterocycles. The van der Waals surface area contributed by atoms with Crippen molar-refractivity contribution in [2.24, 2.45) is 11.7 Å².